The molecule has 1 aliphatic heterocycles. The summed E-state index contributed by atoms with van der Waals surface area (Å²) in [7, 11) is 0. The van der Waals surface area contributed by atoms with Gasteiger partial charge in [0.2, 0.25) is 5.91 Å². The van der Waals surface area contributed by atoms with Crippen molar-refractivity contribution in [2.24, 2.45) is 5.73 Å². The highest BCUT2D eigenvalue weighted by Gasteiger charge is 2.25. The summed E-state index contributed by atoms with van der Waals surface area (Å²) in [5, 5.41) is 0. The topological polar surface area (TPSA) is 55.6 Å². The molecule has 17 heavy (non-hydrogen) atoms. The first-order chi connectivity index (χ1) is 8.02. The van der Waals surface area contributed by atoms with Gasteiger partial charge in [0.15, 0.2) is 0 Å². The summed E-state index contributed by atoms with van der Waals surface area (Å²) < 4.78 is 5.61. The van der Waals surface area contributed by atoms with Crippen LogP contribution in [0.4, 0.5) is 0 Å². The Morgan fingerprint density at radius 3 is 2.59 bits per heavy atom. The highest BCUT2D eigenvalue weighted by Crippen LogP contribution is 2.13. The first kappa shape index (κ1) is 14.8. The molecule has 0 aromatic heterocycles. The number of morpholine rings is 1. The van der Waals surface area contributed by atoms with Crippen LogP contribution in [-0.4, -0.2) is 53.7 Å². The van der Waals surface area contributed by atoms with Gasteiger partial charge in [-0.15, -0.1) is 0 Å². The highest BCUT2D eigenvalue weighted by molar-refractivity contribution is 7.99. The van der Waals surface area contributed by atoms with Crippen molar-refractivity contribution in [2.75, 3.05) is 24.6 Å². The molecule has 1 saturated heterocycles. The zero-order chi connectivity index (χ0) is 12.8. The normalized spacial score (nSPS) is 26.9. The van der Waals surface area contributed by atoms with Crippen LogP contribution in [0.3, 0.4) is 0 Å². The Hall–Kier alpha value is -0.260. The Labute approximate surface area is 108 Å². The van der Waals surface area contributed by atoms with Crippen LogP contribution >= 0.6 is 11.8 Å². The van der Waals surface area contributed by atoms with E-state index in [1.165, 1.54) is 0 Å². The van der Waals surface area contributed by atoms with Crippen LogP contribution in [0, 0.1) is 0 Å². The molecule has 1 aliphatic rings. The summed E-state index contributed by atoms with van der Waals surface area (Å²) in [5.41, 5.74) is 5.82. The molecule has 0 aromatic carbocycles. The molecular formula is C12H24N2O2S. The average molecular weight is 260 g/mol. The number of hydrogen-bond donors (Lipinski definition) is 1. The second kappa shape index (κ2) is 7.24. The summed E-state index contributed by atoms with van der Waals surface area (Å²) in [6.45, 7) is 7.51. The summed E-state index contributed by atoms with van der Waals surface area (Å²) in [5.74, 6) is 1.60. The van der Waals surface area contributed by atoms with Gasteiger partial charge in [-0.25, -0.2) is 0 Å². The minimum atomic E-state index is 0.144. The van der Waals surface area contributed by atoms with E-state index in [0.717, 1.165) is 12.2 Å². The molecule has 0 radical (unpaired) electrons. The SMILES string of the molecule is CCC(N)CSCC(=O)N1CC(C)OC(C)C1. The molecule has 5 heteroatoms. The van der Waals surface area contributed by atoms with E-state index in [4.69, 9.17) is 10.5 Å². The Morgan fingerprint density at radius 1 is 1.47 bits per heavy atom. The van der Waals surface area contributed by atoms with Crippen molar-refractivity contribution in [1.29, 1.82) is 0 Å². The van der Waals surface area contributed by atoms with Gasteiger partial charge in [-0.05, 0) is 20.3 Å². The molecule has 2 N–H and O–H groups in total. The van der Waals surface area contributed by atoms with Gasteiger partial charge in [-0.1, -0.05) is 6.92 Å². The Morgan fingerprint density at radius 2 is 2.06 bits per heavy atom. The first-order valence-electron chi connectivity index (χ1n) is 6.29. The minimum Gasteiger partial charge on any atom is -0.372 e. The van der Waals surface area contributed by atoms with Gasteiger partial charge in [0.1, 0.15) is 0 Å². The summed E-state index contributed by atoms with van der Waals surface area (Å²) in [4.78, 5) is 13.9. The molecule has 1 fully saturated rings. The number of rotatable bonds is 5. The molecular weight excluding hydrogens is 236 g/mol. The zero-order valence-electron chi connectivity index (χ0n) is 11.0. The molecule has 1 rings (SSSR count). The summed E-state index contributed by atoms with van der Waals surface area (Å²) in [6.07, 6.45) is 1.25. The van der Waals surface area contributed by atoms with E-state index in [-0.39, 0.29) is 24.2 Å². The van der Waals surface area contributed by atoms with Crippen molar-refractivity contribution in [3.05, 3.63) is 0 Å². The smallest absolute Gasteiger partial charge is 0.232 e. The fourth-order valence-corrected chi connectivity index (χ4v) is 2.90. The largest absolute Gasteiger partial charge is 0.372 e. The lowest BCUT2D eigenvalue weighted by atomic mass is 10.2. The van der Waals surface area contributed by atoms with Gasteiger partial charge in [0.05, 0.1) is 18.0 Å². The number of carbonyl (C=O) groups is 1. The van der Waals surface area contributed by atoms with Crippen LogP contribution in [0.1, 0.15) is 27.2 Å². The minimum absolute atomic E-state index is 0.144. The average Bonchev–Trinajstić information content (AvgIpc) is 2.27. The number of carbonyl (C=O) groups excluding carboxylic acids is 1. The monoisotopic (exact) mass is 260 g/mol. The van der Waals surface area contributed by atoms with Crippen molar-refractivity contribution in [3.63, 3.8) is 0 Å². The summed E-state index contributed by atoms with van der Waals surface area (Å²) >= 11 is 1.63. The van der Waals surface area contributed by atoms with Crippen LogP contribution in [0.25, 0.3) is 0 Å². The van der Waals surface area contributed by atoms with E-state index in [2.05, 4.69) is 6.92 Å². The van der Waals surface area contributed by atoms with Crippen LogP contribution in [0.5, 0.6) is 0 Å². The second-order valence-electron chi connectivity index (χ2n) is 4.74. The molecule has 100 valence electrons. The molecule has 0 saturated carbocycles. The lowest BCUT2D eigenvalue weighted by Gasteiger charge is -2.35. The quantitative estimate of drug-likeness (QED) is 0.804. The van der Waals surface area contributed by atoms with Crippen molar-refractivity contribution in [1.82, 2.24) is 4.90 Å². The first-order valence-corrected chi connectivity index (χ1v) is 7.45. The van der Waals surface area contributed by atoms with Crippen LogP contribution < -0.4 is 5.73 Å². The molecule has 3 atom stereocenters. The predicted octanol–water partition coefficient (Wildman–Crippen LogP) is 1.09. The molecule has 0 aromatic rings. The molecule has 1 amide bonds. The van der Waals surface area contributed by atoms with E-state index in [1.807, 2.05) is 18.7 Å². The number of amides is 1. The fourth-order valence-electron chi connectivity index (χ4n) is 1.89. The third-order valence-electron chi connectivity index (χ3n) is 2.85. The van der Waals surface area contributed by atoms with Gasteiger partial charge in [0.25, 0.3) is 0 Å². The van der Waals surface area contributed by atoms with Crippen molar-refractivity contribution >= 4 is 17.7 Å². The van der Waals surface area contributed by atoms with E-state index >= 15 is 0 Å². The number of ether oxygens (including phenoxy) is 1. The molecule has 4 nitrogen and oxygen atoms in total. The highest BCUT2D eigenvalue weighted by atomic mass is 32.2. The van der Waals surface area contributed by atoms with Crippen LogP contribution in [0.2, 0.25) is 0 Å². The van der Waals surface area contributed by atoms with Gasteiger partial charge in [-0.2, -0.15) is 11.8 Å². The second-order valence-corrected chi connectivity index (χ2v) is 5.77. The van der Waals surface area contributed by atoms with E-state index in [0.29, 0.717) is 18.8 Å². The van der Waals surface area contributed by atoms with E-state index in [1.54, 1.807) is 11.8 Å². The van der Waals surface area contributed by atoms with Gasteiger partial charge >= 0.3 is 0 Å². The number of thioether (sulfide) groups is 1. The lowest BCUT2D eigenvalue weighted by Crippen LogP contribution is -2.48. The predicted molar refractivity (Wildman–Crippen MR) is 72.2 cm³/mol. The number of nitrogens with two attached hydrogens (primary N) is 1. The maximum Gasteiger partial charge on any atom is 0.232 e. The molecule has 0 spiro atoms. The maximum atomic E-state index is 12.0. The standard InChI is InChI=1S/C12H24N2O2S/c1-4-11(13)7-17-8-12(15)14-5-9(2)16-10(3)6-14/h9-11H,4-8,13H2,1-3H3. The number of nitrogens with zero attached hydrogens (tertiary/aromatic N) is 1. The molecule has 1 heterocycles. The summed E-state index contributed by atoms with van der Waals surface area (Å²) in [6, 6.07) is 0.204. The van der Waals surface area contributed by atoms with Crippen LogP contribution in [0.15, 0.2) is 0 Å². The van der Waals surface area contributed by atoms with Gasteiger partial charge in [-0.3, -0.25) is 4.79 Å². The Balaban J connectivity index is 2.27. The Kier molecular flexibility index (Phi) is 6.30. The lowest BCUT2D eigenvalue weighted by molar-refractivity contribution is -0.140. The molecule has 0 aliphatic carbocycles. The van der Waals surface area contributed by atoms with Gasteiger partial charge in [0, 0.05) is 24.9 Å². The number of hydrogen-bond acceptors (Lipinski definition) is 4. The van der Waals surface area contributed by atoms with Crippen molar-refractivity contribution in [2.45, 2.75) is 45.4 Å². The fraction of sp³-hybridized carbons (Fsp3) is 0.917. The molecule has 3 unspecified atom stereocenters. The van der Waals surface area contributed by atoms with Crippen LogP contribution in [-0.2, 0) is 9.53 Å². The molecule has 0 bridgehead atoms. The third kappa shape index (κ3) is 5.27. The van der Waals surface area contributed by atoms with Crippen molar-refractivity contribution in [3.8, 4) is 0 Å². The van der Waals surface area contributed by atoms with Crippen molar-refractivity contribution < 1.29 is 9.53 Å². The third-order valence-corrected chi connectivity index (χ3v) is 3.97. The van der Waals surface area contributed by atoms with E-state index < -0.39 is 0 Å². The maximum absolute atomic E-state index is 12.0. The van der Waals surface area contributed by atoms with E-state index in [9.17, 15) is 4.79 Å². The Bertz CT molecular complexity index is 241. The van der Waals surface area contributed by atoms with Gasteiger partial charge < -0.3 is 15.4 Å². The zero-order valence-corrected chi connectivity index (χ0v) is 11.8.